The smallest absolute Gasteiger partial charge is 0.227 e. The maximum absolute atomic E-state index is 12.1. The Morgan fingerprint density at radius 1 is 1.39 bits per heavy atom. The number of hydrogen-bond donors (Lipinski definition) is 2. The Kier molecular flexibility index (Phi) is 6.65. The quantitative estimate of drug-likeness (QED) is 0.649. The van der Waals surface area contributed by atoms with E-state index >= 15 is 0 Å². The van der Waals surface area contributed by atoms with Gasteiger partial charge in [-0.15, -0.1) is 0 Å². The zero-order valence-corrected chi connectivity index (χ0v) is 11.8. The number of amides is 1. The predicted octanol–water partition coefficient (Wildman–Crippen LogP) is 1.68. The minimum absolute atomic E-state index is 0.145. The van der Waals surface area contributed by atoms with Crippen LogP contribution in [0.4, 0.5) is 0 Å². The highest BCUT2D eigenvalue weighted by atomic mass is 16.5. The lowest BCUT2D eigenvalue weighted by molar-refractivity contribution is -0.130. The Labute approximate surface area is 111 Å². The molecule has 0 aromatic heterocycles. The summed E-state index contributed by atoms with van der Waals surface area (Å²) in [7, 11) is 0. The van der Waals surface area contributed by atoms with Gasteiger partial charge >= 0.3 is 0 Å². The van der Waals surface area contributed by atoms with Crippen molar-refractivity contribution in [2.24, 2.45) is 17.1 Å². The molecule has 1 aliphatic rings. The molecule has 1 rings (SSSR count). The van der Waals surface area contributed by atoms with E-state index in [9.17, 15) is 4.79 Å². The van der Waals surface area contributed by atoms with Crippen molar-refractivity contribution in [2.75, 3.05) is 26.3 Å². The second-order valence-electron chi connectivity index (χ2n) is 5.77. The van der Waals surface area contributed by atoms with Gasteiger partial charge in [-0.2, -0.15) is 0 Å². The molecule has 0 radical (unpaired) electrons. The summed E-state index contributed by atoms with van der Waals surface area (Å²) in [6, 6.07) is 0. The van der Waals surface area contributed by atoms with E-state index in [0.717, 1.165) is 38.7 Å². The van der Waals surface area contributed by atoms with Crippen LogP contribution in [0.2, 0.25) is 0 Å². The minimum atomic E-state index is -0.279. The molecule has 0 heterocycles. The topological polar surface area (TPSA) is 64.3 Å². The first-order valence-corrected chi connectivity index (χ1v) is 7.17. The zero-order chi connectivity index (χ0) is 13.4. The maximum atomic E-state index is 12.1. The van der Waals surface area contributed by atoms with Crippen molar-refractivity contribution in [3.8, 4) is 0 Å². The monoisotopic (exact) mass is 256 g/mol. The van der Waals surface area contributed by atoms with Crippen LogP contribution in [0.1, 0.15) is 46.0 Å². The molecule has 106 valence electrons. The van der Waals surface area contributed by atoms with Crippen LogP contribution in [-0.4, -0.2) is 32.2 Å². The van der Waals surface area contributed by atoms with E-state index in [0.29, 0.717) is 25.6 Å². The van der Waals surface area contributed by atoms with Gasteiger partial charge in [-0.05, 0) is 25.2 Å². The Morgan fingerprint density at radius 2 is 2.06 bits per heavy atom. The first kappa shape index (κ1) is 15.4. The largest absolute Gasteiger partial charge is 0.381 e. The molecule has 4 nitrogen and oxygen atoms in total. The lowest BCUT2D eigenvalue weighted by Crippen LogP contribution is -2.44. The van der Waals surface area contributed by atoms with Crippen LogP contribution in [0.3, 0.4) is 0 Å². The van der Waals surface area contributed by atoms with Crippen LogP contribution in [-0.2, 0) is 9.53 Å². The normalized spacial score (nSPS) is 18.2. The molecule has 4 heteroatoms. The molecular formula is C14H28N2O2. The van der Waals surface area contributed by atoms with Gasteiger partial charge < -0.3 is 15.8 Å². The standard InChI is InChI=1S/C14H28N2O2/c1-12(2)10-18-9-5-8-16-13(17)14(11-15)6-3-4-7-14/h12H,3-11,15H2,1-2H3,(H,16,17). The predicted molar refractivity (Wildman–Crippen MR) is 73.2 cm³/mol. The van der Waals surface area contributed by atoms with Crippen molar-refractivity contribution in [1.29, 1.82) is 0 Å². The Morgan fingerprint density at radius 3 is 2.61 bits per heavy atom. The highest BCUT2D eigenvalue weighted by Crippen LogP contribution is 2.37. The molecule has 0 aromatic carbocycles. The van der Waals surface area contributed by atoms with Gasteiger partial charge in [0.05, 0.1) is 5.41 Å². The van der Waals surface area contributed by atoms with Crippen molar-refractivity contribution in [2.45, 2.75) is 46.0 Å². The summed E-state index contributed by atoms with van der Waals surface area (Å²) in [6.45, 7) is 6.94. The fourth-order valence-corrected chi connectivity index (χ4v) is 2.46. The van der Waals surface area contributed by atoms with E-state index in [4.69, 9.17) is 10.5 Å². The van der Waals surface area contributed by atoms with Crippen molar-refractivity contribution in [3.63, 3.8) is 0 Å². The number of carbonyl (C=O) groups excluding carboxylic acids is 1. The molecule has 0 spiro atoms. The summed E-state index contributed by atoms with van der Waals surface area (Å²) < 4.78 is 5.48. The molecule has 0 bridgehead atoms. The molecule has 0 atom stereocenters. The van der Waals surface area contributed by atoms with Crippen LogP contribution in [0.5, 0.6) is 0 Å². The van der Waals surface area contributed by atoms with Crippen LogP contribution >= 0.6 is 0 Å². The molecule has 1 saturated carbocycles. The highest BCUT2D eigenvalue weighted by Gasteiger charge is 2.39. The van der Waals surface area contributed by atoms with Crippen LogP contribution in [0, 0.1) is 11.3 Å². The van der Waals surface area contributed by atoms with Gasteiger partial charge in [0.25, 0.3) is 0 Å². The second-order valence-corrected chi connectivity index (χ2v) is 5.77. The fourth-order valence-electron chi connectivity index (χ4n) is 2.46. The first-order valence-electron chi connectivity index (χ1n) is 7.17. The van der Waals surface area contributed by atoms with Gasteiger partial charge in [-0.3, -0.25) is 4.79 Å². The van der Waals surface area contributed by atoms with Gasteiger partial charge in [-0.1, -0.05) is 26.7 Å². The van der Waals surface area contributed by atoms with E-state index in [2.05, 4.69) is 19.2 Å². The van der Waals surface area contributed by atoms with Crippen LogP contribution < -0.4 is 11.1 Å². The van der Waals surface area contributed by atoms with Crippen molar-refractivity contribution in [3.05, 3.63) is 0 Å². The maximum Gasteiger partial charge on any atom is 0.227 e. The third-order valence-corrected chi connectivity index (χ3v) is 3.64. The van der Waals surface area contributed by atoms with Crippen molar-refractivity contribution in [1.82, 2.24) is 5.32 Å². The third kappa shape index (κ3) is 4.58. The molecule has 0 aromatic rings. The number of rotatable bonds is 8. The number of nitrogens with one attached hydrogen (secondary N) is 1. The zero-order valence-electron chi connectivity index (χ0n) is 11.8. The average molecular weight is 256 g/mol. The fraction of sp³-hybridized carbons (Fsp3) is 0.929. The Balaban J connectivity index is 2.13. The molecule has 1 amide bonds. The summed E-state index contributed by atoms with van der Waals surface area (Å²) in [5.74, 6) is 0.713. The molecule has 0 unspecified atom stereocenters. The Hall–Kier alpha value is -0.610. The van der Waals surface area contributed by atoms with Crippen molar-refractivity contribution < 1.29 is 9.53 Å². The number of carbonyl (C=O) groups is 1. The molecule has 3 N–H and O–H groups in total. The van der Waals surface area contributed by atoms with Gasteiger partial charge in [0.1, 0.15) is 0 Å². The number of hydrogen-bond acceptors (Lipinski definition) is 3. The van der Waals surface area contributed by atoms with E-state index in [-0.39, 0.29) is 11.3 Å². The SMILES string of the molecule is CC(C)COCCCNC(=O)C1(CN)CCCC1. The van der Waals surface area contributed by atoms with Crippen LogP contribution in [0.25, 0.3) is 0 Å². The highest BCUT2D eigenvalue weighted by molar-refractivity contribution is 5.83. The minimum Gasteiger partial charge on any atom is -0.381 e. The molecular weight excluding hydrogens is 228 g/mol. The molecule has 0 aliphatic heterocycles. The van der Waals surface area contributed by atoms with Crippen LogP contribution in [0.15, 0.2) is 0 Å². The molecule has 0 saturated heterocycles. The van der Waals surface area contributed by atoms with Crippen molar-refractivity contribution >= 4 is 5.91 Å². The lowest BCUT2D eigenvalue weighted by atomic mass is 9.85. The number of nitrogens with two attached hydrogens (primary N) is 1. The van der Waals surface area contributed by atoms with E-state index < -0.39 is 0 Å². The van der Waals surface area contributed by atoms with Gasteiger partial charge in [-0.25, -0.2) is 0 Å². The summed E-state index contributed by atoms with van der Waals surface area (Å²) >= 11 is 0. The first-order chi connectivity index (χ1) is 8.60. The number of ether oxygens (including phenoxy) is 1. The summed E-state index contributed by atoms with van der Waals surface area (Å²) in [4.78, 5) is 12.1. The van der Waals surface area contributed by atoms with E-state index in [1.165, 1.54) is 0 Å². The summed E-state index contributed by atoms with van der Waals surface area (Å²) in [5.41, 5.74) is 5.49. The second kappa shape index (κ2) is 7.74. The Bertz CT molecular complexity index is 248. The molecule has 18 heavy (non-hydrogen) atoms. The van der Waals surface area contributed by atoms with E-state index in [1.807, 2.05) is 0 Å². The molecule has 1 aliphatic carbocycles. The van der Waals surface area contributed by atoms with Gasteiger partial charge in [0.2, 0.25) is 5.91 Å². The van der Waals surface area contributed by atoms with Gasteiger partial charge in [0, 0.05) is 26.3 Å². The third-order valence-electron chi connectivity index (χ3n) is 3.64. The van der Waals surface area contributed by atoms with E-state index in [1.54, 1.807) is 0 Å². The molecule has 1 fully saturated rings. The average Bonchev–Trinajstić information content (AvgIpc) is 2.83. The lowest BCUT2D eigenvalue weighted by Gasteiger charge is -2.25. The summed E-state index contributed by atoms with van der Waals surface area (Å²) in [5, 5.41) is 3.01. The van der Waals surface area contributed by atoms with Gasteiger partial charge in [0.15, 0.2) is 0 Å². The summed E-state index contributed by atoms with van der Waals surface area (Å²) in [6.07, 6.45) is 5.02.